The molecular weight excluding hydrogens is 438 g/mol. The second-order valence-electron chi connectivity index (χ2n) is 8.66. The number of amides is 3. The zero-order valence-corrected chi connectivity index (χ0v) is 19.5. The molecule has 1 saturated heterocycles. The van der Waals surface area contributed by atoms with Gasteiger partial charge >= 0.3 is 6.03 Å². The highest BCUT2D eigenvalue weighted by atomic mass is 32.1. The summed E-state index contributed by atoms with van der Waals surface area (Å²) in [5, 5.41) is 6.37. The van der Waals surface area contributed by atoms with Crippen LogP contribution in [0.15, 0.2) is 29.1 Å². The summed E-state index contributed by atoms with van der Waals surface area (Å²) in [5.74, 6) is 0.506. The highest BCUT2D eigenvalue weighted by Crippen LogP contribution is 2.30. The molecule has 0 unspecified atom stereocenters. The van der Waals surface area contributed by atoms with Gasteiger partial charge < -0.3 is 15.5 Å². The van der Waals surface area contributed by atoms with Crippen LogP contribution < -0.4 is 16.2 Å². The predicted molar refractivity (Wildman–Crippen MR) is 130 cm³/mol. The number of likely N-dealkylation sites (tertiary alicyclic amines) is 1. The van der Waals surface area contributed by atoms with Gasteiger partial charge in [-0.2, -0.15) is 0 Å². The first-order chi connectivity index (χ1) is 16.0. The number of hydrogen-bond acceptors (Lipinski definition) is 5. The number of nitrogens with one attached hydrogen (secondary N) is 2. The van der Waals surface area contributed by atoms with Gasteiger partial charge in [-0.15, -0.1) is 11.3 Å². The predicted octanol–water partition coefficient (Wildman–Crippen LogP) is 4.37. The van der Waals surface area contributed by atoms with Gasteiger partial charge in [0.25, 0.3) is 11.5 Å². The number of carbonyl (C=O) groups excluding carboxylic acids is 2. The van der Waals surface area contributed by atoms with Crippen molar-refractivity contribution < 1.29 is 9.59 Å². The van der Waals surface area contributed by atoms with E-state index in [1.165, 1.54) is 11.3 Å². The third-order valence-corrected chi connectivity index (χ3v) is 7.61. The highest BCUT2D eigenvalue weighted by molar-refractivity contribution is 7.20. The van der Waals surface area contributed by atoms with Crippen LogP contribution in [0, 0.1) is 6.92 Å². The van der Waals surface area contributed by atoms with Crippen LogP contribution in [0.3, 0.4) is 0 Å². The maximum absolute atomic E-state index is 13.2. The summed E-state index contributed by atoms with van der Waals surface area (Å²) in [7, 11) is 0. The first-order valence-electron chi connectivity index (χ1n) is 11.5. The summed E-state index contributed by atoms with van der Waals surface area (Å²) in [6, 6.07) is 7.00. The minimum absolute atomic E-state index is 0.0528. The van der Waals surface area contributed by atoms with Crippen LogP contribution in [0.25, 0.3) is 10.2 Å². The van der Waals surface area contributed by atoms with E-state index in [9.17, 15) is 14.4 Å². The van der Waals surface area contributed by atoms with Crippen molar-refractivity contribution in [2.24, 2.45) is 0 Å². The number of rotatable bonds is 3. The maximum atomic E-state index is 13.2. The molecule has 1 aromatic carbocycles. The maximum Gasteiger partial charge on any atom is 0.321 e. The quantitative estimate of drug-likeness (QED) is 0.600. The average molecular weight is 466 g/mol. The van der Waals surface area contributed by atoms with Crippen LogP contribution in [0.5, 0.6) is 0 Å². The van der Waals surface area contributed by atoms with Crippen molar-refractivity contribution in [3.05, 3.63) is 50.9 Å². The molecule has 172 valence electrons. The van der Waals surface area contributed by atoms with Crippen molar-refractivity contribution in [3.8, 4) is 0 Å². The van der Waals surface area contributed by atoms with Crippen molar-refractivity contribution in [3.63, 3.8) is 0 Å². The Morgan fingerprint density at radius 2 is 1.67 bits per heavy atom. The summed E-state index contributed by atoms with van der Waals surface area (Å²) in [6.07, 6.45) is 5.89. The van der Waals surface area contributed by atoms with E-state index in [2.05, 4.69) is 10.6 Å². The van der Waals surface area contributed by atoms with Gasteiger partial charge in [-0.25, -0.2) is 9.78 Å². The molecule has 3 amide bonds. The standard InChI is InChI=1S/C24H27N5O3S/c1-15-19-22(27-18-11-3-2-6-14-29(18)23(19)31)33-20(15)21(30)25-16-9-4-5-10-17(16)26-24(32)28-12-7-8-13-28/h4-5,9-10H,2-3,6-8,11-14H2,1H3,(H,25,30)(H,26,32). The molecule has 0 saturated carbocycles. The van der Waals surface area contributed by atoms with Crippen molar-refractivity contribution in [2.75, 3.05) is 23.7 Å². The summed E-state index contributed by atoms with van der Waals surface area (Å²) in [5.41, 5.74) is 1.67. The minimum atomic E-state index is -0.307. The molecule has 5 rings (SSSR count). The highest BCUT2D eigenvalue weighted by Gasteiger charge is 2.23. The first kappa shape index (κ1) is 21.6. The number of nitrogens with zero attached hydrogens (tertiary/aromatic N) is 3. The van der Waals surface area contributed by atoms with Crippen LogP contribution in [0.1, 0.15) is 53.2 Å². The summed E-state index contributed by atoms with van der Waals surface area (Å²) in [4.78, 5) is 46.6. The van der Waals surface area contributed by atoms with E-state index < -0.39 is 0 Å². The van der Waals surface area contributed by atoms with E-state index in [1.807, 2.05) is 19.1 Å². The summed E-state index contributed by atoms with van der Waals surface area (Å²) >= 11 is 1.25. The van der Waals surface area contributed by atoms with Crippen LogP contribution in [0.2, 0.25) is 0 Å². The Labute approximate surface area is 195 Å². The lowest BCUT2D eigenvalue weighted by atomic mass is 10.2. The number of benzene rings is 1. The lowest BCUT2D eigenvalue weighted by molar-refractivity contribution is 0.103. The third-order valence-electron chi connectivity index (χ3n) is 6.43. The topological polar surface area (TPSA) is 96.3 Å². The third kappa shape index (κ3) is 4.13. The fourth-order valence-electron chi connectivity index (χ4n) is 4.62. The molecule has 0 bridgehead atoms. The lowest BCUT2D eigenvalue weighted by Gasteiger charge is -2.18. The molecule has 1 fully saturated rings. The normalized spacial score (nSPS) is 15.8. The van der Waals surface area contributed by atoms with Gasteiger partial charge in [0.2, 0.25) is 0 Å². The van der Waals surface area contributed by atoms with Crippen LogP contribution in [-0.4, -0.2) is 39.5 Å². The number of para-hydroxylation sites is 2. The number of anilines is 2. The van der Waals surface area contributed by atoms with E-state index in [0.717, 1.165) is 57.4 Å². The number of urea groups is 1. The Balaban J connectivity index is 1.43. The molecule has 33 heavy (non-hydrogen) atoms. The van der Waals surface area contributed by atoms with E-state index in [1.54, 1.807) is 21.6 Å². The Hall–Kier alpha value is -3.20. The number of fused-ring (bicyclic) bond motifs is 2. The Morgan fingerprint density at radius 3 is 2.42 bits per heavy atom. The Kier molecular flexibility index (Phi) is 5.88. The molecule has 2 N–H and O–H groups in total. The molecule has 4 heterocycles. The molecule has 2 aromatic heterocycles. The van der Waals surface area contributed by atoms with Crippen molar-refractivity contribution in [2.45, 2.75) is 52.0 Å². The molecule has 8 nitrogen and oxygen atoms in total. The molecule has 0 aliphatic carbocycles. The van der Waals surface area contributed by atoms with E-state index >= 15 is 0 Å². The van der Waals surface area contributed by atoms with E-state index in [0.29, 0.717) is 38.6 Å². The number of aryl methyl sites for hydroxylation is 2. The van der Waals surface area contributed by atoms with Crippen LogP contribution in [-0.2, 0) is 13.0 Å². The SMILES string of the molecule is Cc1c(C(=O)Nc2ccccc2NC(=O)N2CCCC2)sc2nc3n(c(=O)c12)CCCCC3. The molecular formula is C24H27N5O3S. The monoisotopic (exact) mass is 465 g/mol. The molecule has 0 atom stereocenters. The number of thiophene rings is 1. The van der Waals surface area contributed by atoms with Crippen molar-refractivity contribution >= 4 is 44.9 Å². The summed E-state index contributed by atoms with van der Waals surface area (Å²) < 4.78 is 1.78. The molecule has 2 aliphatic heterocycles. The molecule has 2 aliphatic rings. The van der Waals surface area contributed by atoms with Crippen molar-refractivity contribution in [1.82, 2.24) is 14.5 Å². The van der Waals surface area contributed by atoms with E-state index in [-0.39, 0.29) is 17.5 Å². The van der Waals surface area contributed by atoms with Gasteiger partial charge in [0.15, 0.2) is 0 Å². The number of carbonyl (C=O) groups is 2. The van der Waals surface area contributed by atoms with Gasteiger partial charge in [0.1, 0.15) is 10.7 Å². The number of aromatic nitrogens is 2. The van der Waals surface area contributed by atoms with E-state index in [4.69, 9.17) is 4.98 Å². The zero-order chi connectivity index (χ0) is 22.9. The molecule has 0 spiro atoms. The van der Waals surface area contributed by atoms with Gasteiger partial charge in [0, 0.05) is 26.1 Å². The lowest BCUT2D eigenvalue weighted by Crippen LogP contribution is -2.32. The summed E-state index contributed by atoms with van der Waals surface area (Å²) in [6.45, 7) is 3.97. The van der Waals surface area contributed by atoms with Gasteiger partial charge in [0.05, 0.1) is 21.6 Å². The van der Waals surface area contributed by atoms with Gasteiger partial charge in [-0.1, -0.05) is 18.6 Å². The fourth-order valence-corrected chi connectivity index (χ4v) is 5.71. The second kappa shape index (κ2) is 8.97. The van der Waals surface area contributed by atoms with Crippen molar-refractivity contribution in [1.29, 1.82) is 0 Å². The van der Waals surface area contributed by atoms with Gasteiger partial charge in [-0.3, -0.25) is 14.2 Å². The second-order valence-corrected chi connectivity index (χ2v) is 9.65. The average Bonchev–Trinajstić information content (AvgIpc) is 3.38. The fraction of sp³-hybridized carbons (Fsp3) is 0.417. The Bertz CT molecular complexity index is 1290. The minimum Gasteiger partial charge on any atom is -0.325 e. The molecule has 3 aromatic rings. The molecule has 0 radical (unpaired) electrons. The smallest absolute Gasteiger partial charge is 0.321 e. The first-order valence-corrected chi connectivity index (χ1v) is 12.3. The van der Waals surface area contributed by atoms with Crippen LogP contribution >= 0.6 is 11.3 Å². The molecule has 9 heteroatoms. The van der Waals surface area contributed by atoms with Gasteiger partial charge in [-0.05, 0) is 50.3 Å². The Morgan fingerprint density at radius 1 is 0.970 bits per heavy atom. The number of hydrogen-bond donors (Lipinski definition) is 2. The zero-order valence-electron chi connectivity index (χ0n) is 18.6. The largest absolute Gasteiger partial charge is 0.325 e. The van der Waals surface area contributed by atoms with Crippen LogP contribution in [0.4, 0.5) is 16.2 Å².